The van der Waals surface area contributed by atoms with Crippen molar-refractivity contribution in [2.75, 3.05) is 6.54 Å². The van der Waals surface area contributed by atoms with Gasteiger partial charge in [-0.3, -0.25) is 4.79 Å². The van der Waals surface area contributed by atoms with Crippen LogP contribution < -0.4 is 0 Å². The summed E-state index contributed by atoms with van der Waals surface area (Å²) in [5, 5.41) is 0.159. The number of nitrogens with zero attached hydrogens (tertiary/aromatic N) is 4. The molecule has 2 aromatic heterocycles. The fraction of sp³-hybridized carbons (Fsp3) is 0.474. The lowest BCUT2D eigenvalue weighted by Crippen LogP contribution is -2.49. The smallest absolute Gasteiger partial charge is 0.329 e. The Morgan fingerprint density at radius 3 is 2.70 bits per heavy atom. The third-order valence-corrected chi connectivity index (χ3v) is 4.57. The maximum atomic E-state index is 13.0. The average Bonchev–Trinajstić information content (AvgIpc) is 3.00. The van der Waals surface area contributed by atoms with E-state index < -0.39 is 17.6 Å². The number of hydrogen-bond acceptors (Lipinski definition) is 5. The Hall–Kier alpha value is -2.41. The van der Waals surface area contributed by atoms with Gasteiger partial charge in [-0.25, -0.2) is 14.8 Å². The molecular weight excluding hydrogens is 368 g/mol. The minimum absolute atomic E-state index is 0.159. The van der Waals surface area contributed by atoms with Gasteiger partial charge < -0.3 is 14.2 Å². The Morgan fingerprint density at radius 1 is 1.33 bits per heavy atom. The molecule has 0 spiro atoms. The van der Waals surface area contributed by atoms with Crippen LogP contribution in [0.15, 0.2) is 18.5 Å². The number of halogens is 1. The number of hydrogen-bond donors (Lipinski definition) is 0. The van der Waals surface area contributed by atoms with E-state index >= 15 is 0 Å². The van der Waals surface area contributed by atoms with E-state index in [4.69, 9.17) is 16.3 Å². The van der Waals surface area contributed by atoms with Crippen molar-refractivity contribution in [3.8, 4) is 11.3 Å². The fourth-order valence-electron chi connectivity index (χ4n) is 3.06. The van der Waals surface area contributed by atoms with E-state index in [0.717, 1.165) is 11.1 Å². The maximum Gasteiger partial charge on any atom is 0.329 e. The van der Waals surface area contributed by atoms with Gasteiger partial charge in [0.2, 0.25) is 5.28 Å². The Balaban J connectivity index is 1.87. The topological polar surface area (TPSA) is 77.3 Å². The van der Waals surface area contributed by atoms with E-state index in [1.165, 1.54) is 0 Å². The van der Waals surface area contributed by atoms with Crippen molar-refractivity contribution < 1.29 is 14.3 Å². The monoisotopic (exact) mass is 390 g/mol. The Bertz CT molecular complexity index is 901. The number of rotatable bonds is 3. The molecule has 27 heavy (non-hydrogen) atoms. The number of carbonyl (C=O) groups excluding carboxylic acids is 2. The highest BCUT2D eigenvalue weighted by Gasteiger charge is 2.34. The molecular formula is C19H23ClN4O3. The van der Waals surface area contributed by atoms with Crippen LogP contribution in [0.4, 0.5) is 0 Å². The van der Waals surface area contributed by atoms with Crippen LogP contribution in [0.3, 0.4) is 0 Å². The molecule has 0 fully saturated rings. The molecule has 0 bridgehead atoms. The van der Waals surface area contributed by atoms with Crippen molar-refractivity contribution in [3.05, 3.63) is 35.0 Å². The molecule has 1 unspecified atom stereocenters. The van der Waals surface area contributed by atoms with Gasteiger partial charge in [0.1, 0.15) is 17.3 Å². The van der Waals surface area contributed by atoms with Crippen molar-refractivity contribution in [1.29, 1.82) is 0 Å². The number of fused-ring (bicyclic) bond motifs is 1. The third kappa shape index (κ3) is 3.98. The first kappa shape index (κ1) is 19.4. The van der Waals surface area contributed by atoms with Gasteiger partial charge in [-0.05, 0) is 57.8 Å². The molecule has 8 heteroatoms. The predicted octanol–water partition coefficient (Wildman–Crippen LogP) is 3.09. The number of amides is 1. The first-order chi connectivity index (χ1) is 12.6. The quantitative estimate of drug-likeness (QED) is 0.594. The summed E-state index contributed by atoms with van der Waals surface area (Å²) in [6.45, 7) is 10.0. The Morgan fingerprint density at radius 2 is 2.04 bits per heavy atom. The van der Waals surface area contributed by atoms with Gasteiger partial charge in [0, 0.05) is 31.0 Å². The van der Waals surface area contributed by atoms with E-state index in [-0.39, 0.29) is 11.2 Å². The fourth-order valence-corrected chi connectivity index (χ4v) is 3.20. The van der Waals surface area contributed by atoms with Crippen LogP contribution >= 0.6 is 11.6 Å². The van der Waals surface area contributed by atoms with Crippen molar-refractivity contribution >= 4 is 23.5 Å². The lowest BCUT2D eigenvalue weighted by atomic mass is 10.1. The van der Waals surface area contributed by atoms with Gasteiger partial charge in [0.15, 0.2) is 0 Å². The van der Waals surface area contributed by atoms with Crippen LogP contribution in [0, 0.1) is 6.92 Å². The summed E-state index contributed by atoms with van der Waals surface area (Å²) in [4.78, 5) is 35.1. The zero-order chi connectivity index (χ0) is 19.9. The molecule has 0 N–H and O–H groups in total. The van der Waals surface area contributed by atoms with E-state index in [2.05, 4.69) is 9.97 Å². The molecule has 1 amide bonds. The molecule has 3 rings (SSSR count). The SMILES string of the molecule is Cc1cnc(Cl)nc1-c1cc2n(c1)CCN(C(C)C(=O)OC(C)(C)C)C2=O. The first-order valence-corrected chi connectivity index (χ1v) is 9.18. The van der Waals surface area contributed by atoms with Gasteiger partial charge in [-0.15, -0.1) is 0 Å². The van der Waals surface area contributed by atoms with E-state index in [0.29, 0.717) is 24.5 Å². The maximum absolute atomic E-state index is 13.0. The summed E-state index contributed by atoms with van der Waals surface area (Å²) in [5.41, 5.74) is 2.28. The molecule has 1 aliphatic heterocycles. The lowest BCUT2D eigenvalue weighted by molar-refractivity contribution is -0.160. The molecule has 1 aliphatic rings. The largest absolute Gasteiger partial charge is 0.458 e. The van der Waals surface area contributed by atoms with Gasteiger partial charge in [-0.2, -0.15) is 0 Å². The van der Waals surface area contributed by atoms with E-state index in [1.54, 1.807) is 24.1 Å². The van der Waals surface area contributed by atoms with Crippen LogP contribution in [0.2, 0.25) is 5.28 Å². The summed E-state index contributed by atoms with van der Waals surface area (Å²) in [5.74, 6) is -0.613. The second-order valence-electron chi connectivity index (χ2n) is 7.69. The highest BCUT2D eigenvalue weighted by molar-refractivity contribution is 6.28. The molecule has 144 valence electrons. The Labute approximate surface area is 163 Å². The van der Waals surface area contributed by atoms with Crippen LogP contribution in [0.25, 0.3) is 11.3 Å². The second-order valence-corrected chi connectivity index (χ2v) is 8.02. The Kier molecular flexibility index (Phi) is 4.99. The van der Waals surface area contributed by atoms with Crippen LogP contribution in [-0.4, -0.2) is 49.5 Å². The average molecular weight is 391 g/mol. The highest BCUT2D eigenvalue weighted by atomic mass is 35.5. The molecule has 0 saturated heterocycles. The van der Waals surface area contributed by atoms with Gasteiger partial charge in [0.05, 0.1) is 5.69 Å². The zero-order valence-electron chi connectivity index (χ0n) is 16.1. The van der Waals surface area contributed by atoms with Gasteiger partial charge >= 0.3 is 5.97 Å². The third-order valence-electron chi connectivity index (χ3n) is 4.39. The zero-order valence-corrected chi connectivity index (χ0v) is 16.9. The number of ether oxygens (including phenoxy) is 1. The van der Waals surface area contributed by atoms with Crippen LogP contribution in [-0.2, 0) is 16.1 Å². The molecule has 1 atom stereocenters. The molecule has 2 aromatic rings. The summed E-state index contributed by atoms with van der Waals surface area (Å²) in [7, 11) is 0. The minimum atomic E-state index is -0.654. The van der Waals surface area contributed by atoms with Crippen molar-refractivity contribution in [3.63, 3.8) is 0 Å². The summed E-state index contributed by atoms with van der Waals surface area (Å²) in [6, 6.07) is 1.13. The van der Waals surface area contributed by atoms with Crippen molar-refractivity contribution in [2.24, 2.45) is 0 Å². The molecule has 0 aliphatic carbocycles. The molecule has 7 nitrogen and oxygen atoms in total. The number of esters is 1. The van der Waals surface area contributed by atoms with Crippen LogP contribution in [0.5, 0.6) is 0 Å². The van der Waals surface area contributed by atoms with E-state index in [1.807, 2.05) is 38.5 Å². The molecule has 0 radical (unpaired) electrons. The minimum Gasteiger partial charge on any atom is -0.458 e. The summed E-state index contributed by atoms with van der Waals surface area (Å²) >= 11 is 5.92. The lowest BCUT2D eigenvalue weighted by Gasteiger charge is -2.33. The summed E-state index contributed by atoms with van der Waals surface area (Å²) in [6.07, 6.45) is 3.54. The van der Waals surface area contributed by atoms with Crippen LogP contribution in [0.1, 0.15) is 43.7 Å². The van der Waals surface area contributed by atoms with E-state index in [9.17, 15) is 9.59 Å². The standard InChI is InChI=1S/C19H23ClN4O3/c1-11-9-21-18(20)22-15(11)13-8-14-16(25)24(7-6-23(14)10-13)12(2)17(26)27-19(3,4)5/h8-10,12H,6-7H2,1-5H3. The first-order valence-electron chi connectivity index (χ1n) is 8.80. The molecule has 0 aromatic carbocycles. The predicted molar refractivity (Wildman–Crippen MR) is 102 cm³/mol. The normalized spacial score (nSPS) is 15.5. The van der Waals surface area contributed by atoms with Crippen molar-refractivity contribution in [2.45, 2.75) is 52.8 Å². The second kappa shape index (κ2) is 6.96. The molecule has 0 saturated carbocycles. The highest BCUT2D eigenvalue weighted by Crippen LogP contribution is 2.27. The number of aryl methyl sites for hydroxylation is 1. The van der Waals surface area contributed by atoms with Crippen molar-refractivity contribution in [1.82, 2.24) is 19.4 Å². The number of carbonyl (C=O) groups is 2. The van der Waals surface area contributed by atoms with Gasteiger partial charge in [0.25, 0.3) is 5.91 Å². The number of aromatic nitrogens is 3. The van der Waals surface area contributed by atoms with Gasteiger partial charge in [-0.1, -0.05) is 0 Å². The summed E-state index contributed by atoms with van der Waals surface area (Å²) < 4.78 is 7.30. The molecule has 3 heterocycles.